The van der Waals surface area contributed by atoms with Gasteiger partial charge in [-0.25, -0.2) is 0 Å². The molecule has 4 nitrogen and oxygen atoms in total. The smallest absolute Gasteiger partial charge is 0.325 e. The average Bonchev–Trinajstić information content (AvgIpc) is 1.85. The van der Waals surface area contributed by atoms with E-state index in [0.29, 0.717) is 0 Å². The largest absolute Gasteiger partial charge is 0.480 e. The highest BCUT2D eigenvalue weighted by molar-refractivity contribution is 7.82. The second kappa shape index (κ2) is 3.80. The Balaban J connectivity index is 4.11. The van der Waals surface area contributed by atoms with E-state index >= 15 is 0 Å². The zero-order valence-corrected chi connectivity index (χ0v) is 8.18. The van der Waals surface area contributed by atoms with Crippen LogP contribution >= 0.6 is 12.6 Å². The zero-order valence-electron chi connectivity index (χ0n) is 7.29. The van der Waals surface area contributed by atoms with E-state index in [1.165, 1.54) is 6.92 Å². The number of carboxylic acids is 1. The molecule has 12 heavy (non-hydrogen) atoms. The molecular formula is C7H13NO3S. The molecule has 0 aromatic carbocycles. The minimum atomic E-state index is -1.05. The number of hydrogen-bond acceptors (Lipinski definition) is 3. The Kier molecular flexibility index (Phi) is 3.57. The van der Waals surface area contributed by atoms with E-state index in [4.69, 9.17) is 5.11 Å². The number of carbonyl (C=O) groups is 2. The van der Waals surface area contributed by atoms with Gasteiger partial charge in [-0.2, -0.15) is 12.6 Å². The summed E-state index contributed by atoms with van der Waals surface area (Å²) in [7, 11) is 0. The molecule has 0 bridgehead atoms. The Morgan fingerprint density at radius 3 is 2.17 bits per heavy atom. The molecule has 0 heterocycles. The van der Waals surface area contributed by atoms with Gasteiger partial charge in [-0.3, -0.25) is 9.59 Å². The predicted octanol–water partition coefficient (Wildman–Crippen LogP) is 0.284. The summed E-state index contributed by atoms with van der Waals surface area (Å²) in [5.41, 5.74) is 0. The highest BCUT2D eigenvalue weighted by Gasteiger charge is 2.25. The Morgan fingerprint density at radius 1 is 1.50 bits per heavy atom. The summed E-state index contributed by atoms with van der Waals surface area (Å²) in [5.74, 6) is -1.44. The molecule has 0 fully saturated rings. The first-order valence-corrected chi connectivity index (χ1v) is 3.96. The van der Waals surface area contributed by atoms with Crippen molar-refractivity contribution < 1.29 is 14.7 Å². The SMILES string of the molecule is CC(NC(=O)C(C)(C)S)C(=O)O. The summed E-state index contributed by atoms with van der Waals surface area (Å²) in [6.45, 7) is 4.60. The van der Waals surface area contributed by atoms with Crippen LogP contribution in [0.2, 0.25) is 0 Å². The number of amides is 1. The molecular weight excluding hydrogens is 178 g/mol. The van der Waals surface area contributed by atoms with Crippen molar-refractivity contribution in [1.29, 1.82) is 0 Å². The summed E-state index contributed by atoms with van der Waals surface area (Å²) in [6.07, 6.45) is 0. The lowest BCUT2D eigenvalue weighted by molar-refractivity contribution is -0.141. The summed E-state index contributed by atoms with van der Waals surface area (Å²) < 4.78 is -0.844. The summed E-state index contributed by atoms with van der Waals surface area (Å²) in [5, 5.41) is 10.8. The van der Waals surface area contributed by atoms with Gasteiger partial charge < -0.3 is 10.4 Å². The maximum absolute atomic E-state index is 11.1. The van der Waals surface area contributed by atoms with Gasteiger partial charge in [0.1, 0.15) is 6.04 Å². The fourth-order valence-corrected chi connectivity index (χ4v) is 0.500. The summed E-state index contributed by atoms with van der Waals surface area (Å²) >= 11 is 3.99. The number of thiol groups is 1. The van der Waals surface area contributed by atoms with Crippen LogP contribution in [-0.4, -0.2) is 27.8 Å². The molecule has 0 radical (unpaired) electrons. The Morgan fingerprint density at radius 2 is 1.92 bits per heavy atom. The lowest BCUT2D eigenvalue weighted by atomic mass is 10.2. The van der Waals surface area contributed by atoms with Gasteiger partial charge in [-0.05, 0) is 20.8 Å². The molecule has 5 heteroatoms. The van der Waals surface area contributed by atoms with Crippen LogP contribution in [-0.2, 0) is 9.59 Å². The topological polar surface area (TPSA) is 66.4 Å². The Bertz CT molecular complexity index is 197. The van der Waals surface area contributed by atoms with Crippen LogP contribution in [0.15, 0.2) is 0 Å². The molecule has 0 aliphatic rings. The van der Waals surface area contributed by atoms with Gasteiger partial charge >= 0.3 is 5.97 Å². The normalized spacial score (nSPS) is 13.7. The molecule has 1 atom stereocenters. The molecule has 0 aliphatic heterocycles. The van der Waals surface area contributed by atoms with Gasteiger partial charge in [0, 0.05) is 0 Å². The average molecular weight is 191 g/mol. The van der Waals surface area contributed by atoms with E-state index < -0.39 is 16.8 Å². The molecule has 0 saturated carbocycles. The van der Waals surface area contributed by atoms with Gasteiger partial charge in [0.25, 0.3) is 0 Å². The predicted molar refractivity (Wildman–Crippen MR) is 48.3 cm³/mol. The van der Waals surface area contributed by atoms with E-state index in [9.17, 15) is 9.59 Å². The lowest BCUT2D eigenvalue weighted by Gasteiger charge is -2.18. The lowest BCUT2D eigenvalue weighted by Crippen LogP contribution is -2.45. The molecule has 0 spiro atoms. The molecule has 1 unspecified atom stereocenters. The quantitative estimate of drug-likeness (QED) is 0.561. The fourth-order valence-electron chi connectivity index (χ4n) is 0.435. The number of carboxylic acid groups (broad SMARTS) is 1. The van der Waals surface area contributed by atoms with Crippen LogP contribution < -0.4 is 5.32 Å². The van der Waals surface area contributed by atoms with Gasteiger partial charge in [0.05, 0.1) is 4.75 Å². The number of hydrogen-bond donors (Lipinski definition) is 3. The highest BCUT2D eigenvalue weighted by Crippen LogP contribution is 2.11. The van der Waals surface area contributed by atoms with Crippen molar-refractivity contribution in [2.24, 2.45) is 0 Å². The summed E-state index contributed by atoms with van der Waals surface area (Å²) in [4.78, 5) is 21.5. The molecule has 70 valence electrons. The third-order valence-corrected chi connectivity index (χ3v) is 1.48. The van der Waals surface area contributed by atoms with Gasteiger partial charge in [0.2, 0.25) is 5.91 Å². The summed E-state index contributed by atoms with van der Waals surface area (Å²) in [6, 6.07) is -0.871. The molecule has 1 amide bonds. The van der Waals surface area contributed by atoms with Crippen molar-refractivity contribution in [3.8, 4) is 0 Å². The molecule has 2 N–H and O–H groups in total. The van der Waals surface area contributed by atoms with E-state index in [2.05, 4.69) is 17.9 Å². The fraction of sp³-hybridized carbons (Fsp3) is 0.714. The van der Waals surface area contributed by atoms with E-state index in [-0.39, 0.29) is 5.91 Å². The van der Waals surface area contributed by atoms with Crippen LogP contribution in [0.3, 0.4) is 0 Å². The maximum Gasteiger partial charge on any atom is 0.325 e. The number of nitrogens with one attached hydrogen (secondary N) is 1. The molecule has 0 aromatic heterocycles. The first-order chi connectivity index (χ1) is 5.25. The van der Waals surface area contributed by atoms with Crippen molar-refractivity contribution in [3.63, 3.8) is 0 Å². The van der Waals surface area contributed by atoms with Crippen LogP contribution in [0, 0.1) is 0 Å². The molecule has 0 aliphatic carbocycles. The van der Waals surface area contributed by atoms with E-state index in [1.54, 1.807) is 13.8 Å². The minimum Gasteiger partial charge on any atom is -0.480 e. The van der Waals surface area contributed by atoms with Crippen LogP contribution in [0.4, 0.5) is 0 Å². The van der Waals surface area contributed by atoms with Crippen molar-refractivity contribution in [2.45, 2.75) is 31.6 Å². The van der Waals surface area contributed by atoms with Crippen LogP contribution in [0.25, 0.3) is 0 Å². The molecule has 0 rings (SSSR count). The van der Waals surface area contributed by atoms with Gasteiger partial charge in [-0.15, -0.1) is 0 Å². The number of rotatable bonds is 3. The van der Waals surface area contributed by atoms with Gasteiger partial charge in [0.15, 0.2) is 0 Å². The third-order valence-electron chi connectivity index (χ3n) is 1.27. The van der Waals surface area contributed by atoms with Crippen molar-refractivity contribution in [3.05, 3.63) is 0 Å². The molecule has 0 saturated heterocycles. The van der Waals surface area contributed by atoms with Crippen molar-refractivity contribution in [1.82, 2.24) is 5.32 Å². The minimum absolute atomic E-state index is 0.388. The van der Waals surface area contributed by atoms with Crippen molar-refractivity contribution in [2.75, 3.05) is 0 Å². The second-order valence-corrected chi connectivity index (χ2v) is 4.21. The Labute approximate surface area is 76.8 Å². The van der Waals surface area contributed by atoms with E-state index in [1.807, 2.05) is 0 Å². The maximum atomic E-state index is 11.1. The third kappa shape index (κ3) is 3.61. The van der Waals surface area contributed by atoms with E-state index in [0.717, 1.165) is 0 Å². The highest BCUT2D eigenvalue weighted by atomic mass is 32.1. The van der Waals surface area contributed by atoms with Gasteiger partial charge in [-0.1, -0.05) is 0 Å². The Hall–Kier alpha value is -0.710. The monoisotopic (exact) mass is 191 g/mol. The first kappa shape index (κ1) is 11.3. The zero-order chi connectivity index (χ0) is 9.94. The number of carbonyl (C=O) groups excluding carboxylic acids is 1. The second-order valence-electron chi connectivity index (χ2n) is 3.09. The number of aliphatic carboxylic acids is 1. The molecule has 0 aromatic rings. The first-order valence-electron chi connectivity index (χ1n) is 3.51. The van der Waals surface area contributed by atoms with Crippen molar-refractivity contribution >= 4 is 24.5 Å². The van der Waals surface area contributed by atoms with Crippen LogP contribution in [0.5, 0.6) is 0 Å². The van der Waals surface area contributed by atoms with Crippen LogP contribution in [0.1, 0.15) is 20.8 Å². The standard InChI is InChI=1S/C7H13NO3S/c1-4(5(9)10)8-6(11)7(2,3)12/h4,12H,1-3H3,(H,8,11)(H,9,10).